The minimum absolute atomic E-state index is 0.839. The molecule has 1 aliphatic carbocycles. The van der Waals surface area contributed by atoms with Crippen molar-refractivity contribution in [3.05, 3.63) is 0 Å². The highest BCUT2D eigenvalue weighted by Gasteiger charge is 2.31. The summed E-state index contributed by atoms with van der Waals surface area (Å²) in [4.78, 5) is 2.58. The molecule has 0 aromatic carbocycles. The van der Waals surface area contributed by atoms with Crippen LogP contribution in [-0.2, 0) is 0 Å². The highest BCUT2D eigenvalue weighted by Crippen LogP contribution is 2.33. The Morgan fingerprint density at radius 2 is 1.82 bits per heavy atom. The Balaban J connectivity index is 1.55. The fourth-order valence-corrected chi connectivity index (χ4v) is 3.21. The number of piperidine rings is 1. The first-order valence-corrected chi connectivity index (χ1v) is 7.64. The normalized spacial score (nSPS) is 31.8. The maximum atomic E-state index is 3.79. The Labute approximate surface area is 107 Å². The Kier molecular flexibility index (Phi) is 4.87. The van der Waals surface area contributed by atoms with Crippen LogP contribution in [0, 0.1) is 17.8 Å². The average molecular weight is 238 g/mol. The standard InChI is InChI=1S/C15H30N2/c1-4-17-7-5-13(6-8-17)11-16-15-9-14(10-15)12(2)3/h12-16H,4-11H2,1-3H3. The van der Waals surface area contributed by atoms with E-state index in [0.29, 0.717) is 0 Å². The molecule has 2 heteroatoms. The molecule has 1 aliphatic heterocycles. The van der Waals surface area contributed by atoms with Gasteiger partial charge in [0.2, 0.25) is 0 Å². The van der Waals surface area contributed by atoms with Gasteiger partial charge in [-0.3, -0.25) is 0 Å². The van der Waals surface area contributed by atoms with Gasteiger partial charge in [-0.05, 0) is 69.6 Å². The van der Waals surface area contributed by atoms with Crippen molar-refractivity contribution in [2.45, 2.75) is 52.5 Å². The van der Waals surface area contributed by atoms with Crippen LogP contribution in [-0.4, -0.2) is 37.1 Å². The highest BCUT2D eigenvalue weighted by atomic mass is 15.1. The molecular formula is C15H30N2. The second-order valence-corrected chi connectivity index (χ2v) is 6.46. The SMILES string of the molecule is CCN1CCC(CNC2CC(C(C)C)C2)CC1. The van der Waals surface area contributed by atoms with E-state index in [1.165, 1.54) is 51.9 Å². The molecule has 2 aliphatic rings. The molecule has 0 aromatic heterocycles. The van der Waals surface area contributed by atoms with E-state index in [0.717, 1.165) is 23.8 Å². The third-order valence-electron chi connectivity index (χ3n) is 4.97. The smallest absolute Gasteiger partial charge is 0.00726 e. The first kappa shape index (κ1) is 13.4. The minimum Gasteiger partial charge on any atom is -0.314 e. The van der Waals surface area contributed by atoms with E-state index in [9.17, 15) is 0 Å². The lowest BCUT2D eigenvalue weighted by atomic mass is 9.73. The van der Waals surface area contributed by atoms with Crippen LogP contribution in [0.5, 0.6) is 0 Å². The lowest BCUT2D eigenvalue weighted by Gasteiger charge is -2.40. The third kappa shape index (κ3) is 3.69. The number of likely N-dealkylation sites (tertiary alicyclic amines) is 1. The van der Waals surface area contributed by atoms with Gasteiger partial charge in [0.25, 0.3) is 0 Å². The molecule has 0 bridgehead atoms. The number of nitrogens with zero attached hydrogens (tertiary/aromatic N) is 1. The van der Waals surface area contributed by atoms with Crippen molar-refractivity contribution in [2.75, 3.05) is 26.2 Å². The molecule has 0 unspecified atom stereocenters. The summed E-state index contributed by atoms with van der Waals surface area (Å²) in [6.07, 6.45) is 5.65. The van der Waals surface area contributed by atoms with Gasteiger partial charge in [-0.25, -0.2) is 0 Å². The molecule has 1 saturated heterocycles. The maximum absolute atomic E-state index is 3.79. The molecule has 1 saturated carbocycles. The van der Waals surface area contributed by atoms with Gasteiger partial charge >= 0.3 is 0 Å². The van der Waals surface area contributed by atoms with Gasteiger partial charge in [0.1, 0.15) is 0 Å². The Morgan fingerprint density at radius 1 is 1.18 bits per heavy atom. The summed E-state index contributed by atoms with van der Waals surface area (Å²) >= 11 is 0. The number of nitrogens with one attached hydrogen (secondary N) is 1. The fourth-order valence-electron chi connectivity index (χ4n) is 3.21. The lowest BCUT2D eigenvalue weighted by Crippen LogP contribution is -2.46. The van der Waals surface area contributed by atoms with Crippen LogP contribution in [0.25, 0.3) is 0 Å². The van der Waals surface area contributed by atoms with Crippen LogP contribution < -0.4 is 5.32 Å². The number of hydrogen-bond acceptors (Lipinski definition) is 2. The average Bonchev–Trinajstić information content (AvgIpc) is 2.27. The fraction of sp³-hybridized carbons (Fsp3) is 1.00. The summed E-state index contributed by atoms with van der Waals surface area (Å²) in [6, 6.07) is 0.839. The van der Waals surface area contributed by atoms with Crippen molar-refractivity contribution in [1.29, 1.82) is 0 Å². The first-order valence-electron chi connectivity index (χ1n) is 7.64. The quantitative estimate of drug-likeness (QED) is 0.792. The Morgan fingerprint density at radius 3 is 2.35 bits per heavy atom. The molecular weight excluding hydrogens is 208 g/mol. The van der Waals surface area contributed by atoms with Gasteiger partial charge < -0.3 is 10.2 Å². The molecule has 0 atom stereocenters. The van der Waals surface area contributed by atoms with E-state index < -0.39 is 0 Å². The van der Waals surface area contributed by atoms with Crippen molar-refractivity contribution in [3.8, 4) is 0 Å². The Bertz CT molecular complexity index is 213. The largest absolute Gasteiger partial charge is 0.314 e. The van der Waals surface area contributed by atoms with Gasteiger partial charge in [0, 0.05) is 6.04 Å². The van der Waals surface area contributed by atoms with E-state index in [4.69, 9.17) is 0 Å². The Hall–Kier alpha value is -0.0800. The third-order valence-corrected chi connectivity index (χ3v) is 4.97. The molecule has 2 rings (SSSR count). The lowest BCUT2D eigenvalue weighted by molar-refractivity contribution is 0.146. The van der Waals surface area contributed by atoms with Gasteiger partial charge in [-0.2, -0.15) is 0 Å². The van der Waals surface area contributed by atoms with E-state index in [1.807, 2.05) is 0 Å². The van der Waals surface area contributed by atoms with Crippen LogP contribution in [0.15, 0.2) is 0 Å². The molecule has 0 radical (unpaired) electrons. The van der Waals surface area contributed by atoms with E-state index in [-0.39, 0.29) is 0 Å². The van der Waals surface area contributed by atoms with Gasteiger partial charge in [0.05, 0.1) is 0 Å². The van der Waals surface area contributed by atoms with E-state index in [1.54, 1.807) is 0 Å². The molecule has 2 fully saturated rings. The van der Waals surface area contributed by atoms with Crippen molar-refractivity contribution in [3.63, 3.8) is 0 Å². The minimum atomic E-state index is 0.839. The molecule has 1 heterocycles. The second kappa shape index (κ2) is 6.19. The van der Waals surface area contributed by atoms with Gasteiger partial charge in [-0.1, -0.05) is 20.8 Å². The molecule has 0 aromatic rings. The van der Waals surface area contributed by atoms with Gasteiger partial charge in [0.15, 0.2) is 0 Å². The maximum Gasteiger partial charge on any atom is 0.00726 e. The first-order chi connectivity index (χ1) is 8.19. The van der Waals surface area contributed by atoms with E-state index >= 15 is 0 Å². The summed E-state index contributed by atoms with van der Waals surface area (Å²) < 4.78 is 0. The van der Waals surface area contributed by atoms with Crippen LogP contribution in [0.4, 0.5) is 0 Å². The summed E-state index contributed by atoms with van der Waals surface area (Å²) in [6.45, 7) is 12.2. The second-order valence-electron chi connectivity index (χ2n) is 6.46. The van der Waals surface area contributed by atoms with Crippen molar-refractivity contribution >= 4 is 0 Å². The monoisotopic (exact) mass is 238 g/mol. The summed E-state index contributed by atoms with van der Waals surface area (Å²) in [5.41, 5.74) is 0. The molecule has 100 valence electrons. The number of rotatable bonds is 5. The summed E-state index contributed by atoms with van der Waals surface area (Å²) in [7, 11) is 0. The van der Waals surface area contributed by atoms with Crippen molar-refractivity contribution < 1.29 is 0 Å². The molecule has 17 heavy (non-hydrogen) atoms. The highest BCUT2D eigenvalue weighted by molar-refractivity contribution is 4.87. The predicted octanol–water partition coefficient (Wildman–Crippen LogP) is 2.74. The zero-order valence-electron chi connectivity index (χ0n) is 11.9. The molecule has 0 spiro atoms. The van der Waals surface area contributed by atoms with Crippen molar-refractivity contribution in [2.24, 2.45) is 17.8 Å². The number of hydrogen-bond donors (Lipinski definition) is 1. The zero-order valence-corrected chi connectivity index (χ0v) is 11.9. The zero-order chi connectivity index (χ0) is 12.3. The summed E-state index contributed by atoms with van der Waals surface area (Å²) in [5.74, 6) is 2.83. The molecule has 2 nitrogen and oxygen atoms in total. The predicted molar refractivity (Wildman–Crippen MR) is 74.2 cm³/mol. The molecule has 0 amide bonds. The topological polar surface area (TPSA) is 15.3 Å². The van der Waals surface area contributed by atoms with Crippen LogP contribution in [0.2, 0.25) is 0 Å². The van der Waals surface area contributed by atoms with E-state index in [2.05, 4.69) is 31.0 Å². The summed E-state index contributed by atoms with van der Waals surface area (Å²) in [5, 5.41) is 3.79. The van der Waals surface area contributed by atoms with Crippen LogP contribution >= 0.6 is 0 Å². The van der Waals surface area contributed by atoms with Gasteiger partial charge in [-0.15, -0.1) is 0 Å². The van der Waals surface area contributed by atoms with Crippen LogP contribution in [0.3, 0.4) is 0 Å². The van der Waals surface area contributed by atoms with Crippen molar-refractivity contribution in [1.82, 2.24) is 10.2 Å². The van der Waals surface area contributed by atoms with Crippen LogP contribution in [0.1, 0.15) is 46.5 Å². The molecule has 1 N–H and O–H groups in total.